The van der Waals surface area contributed by atoms with Crippen LogP contribution in [0.15, 0.2) is 53.4 Å². The lowest BCUT2D eigenvalue weighted by atomic mass is 9.91. The van der Waals surface area contributed by atoms with E-state index in [9.17, 15) is 0 Å². The van der Waals surface area contributed by atoms with E-state index in [1.54, 1.807) is 6.26 Å². The smallest absolute Gasteiger partial charge is 0.117 e. The summed E-state index contributed by atoms with van der Waals surface area (Å²) in [5.41, 5.74) is 5.16. The van der Waals surface area contributed by atoms with Crippen molar-refractivity contribution in [3.8, 4) is 0 Å². The molecular formula is C19H21N3O. The second-order valence-electron chi connectivity index (χ2n) is 6.02. The van der Waals surface area contributed by atoms with E-state index in [1.165, 1.54) is 16.8 Å². The van der Waals surface area contributed by atoms with E-state index in [0.29, 0.717) is 0 Å². The molecule has 0 amide bonds. The van der Waals surface area contributed by atoms with Gasteiger partial charge in [0.25, 0.3) is 0 Å². The van der Waals surface area contributed by atoms with Crippen LogP contribution >= 0.6 is 0 Å². The molecule has 3 aromatic rings. The maximum Gasteiger partial charge on any atom is 0.117 e. The zero-order chi connectivity index (χ0) is 15.6. The Balaban J connectivity index is 1.77. The van der Waals surface area contributed by atoms with Crippen LogP contribution in [0.4, 0.5) is 0 Å². The Morgan fingerprint density at radius 2 is 2.17 bits per heavy atom. The summed E-state index contributed by atoms with van der Waals surface area (Å²) in [6.45, 7) is 4.02. The van der Waals surface area contributed by atoms with E-state index in [2.05, 4.69) is 46.1 Å². The summed E-state index contributed by atoms with van der Waals surface area (Å²) >= 11 is 0. The molecule has 1 aliphatic rings. The molecule has 4 rings (SSSR count). The number of hydrogen-bond donors (Lipinski definition) is 1. The summed E-state index contributed by atoms with van der Waals surface area (Å²) in [4.78, 5) is 10.4. The molecule has 4 heteroatoms. The van der Waals surface area contributed by atoms with Gasteiger partial charge in [-0.3, -0.25) is 4.90 Å². The maximum absolute atomic E-state index is 5.58. The number of aromatic amines is 1. The van der Waals surface area contributed by atoms with Crippen LogP contribution in [-0.2, 0) is 19.4 Å². The lowest BCUT2D eigenvalue weighted by Gasteiger charge is -2.35. The van der Waals surface area contributed by atoms with E-state index in [0.717, 1.165) is 37.4 Å². The van der Waals surface area contributed by atoms with Crippen molar-refractivity contribution in [3.63, 3.8) is 0 Å². The molecule has 0 fully saturated rings. The fourth-order valence-corrected chi connectivity index (χ4v) is 3.56. The Bertz CT molecular complexity index is 776. The summed E-state index contributed by atoms with van der Waals surface area (Å²) in [5.74, 6) is 1.00. The first-order chi connectivity index (χ1) is 11.4. The van der Waals surface area contributed by atoms with E-state index < -0.39 is 0 Å². The summed E-state index contributed by atoms with van der Waals surface area (Å²) in [6.07, 6.45) is 5.60. The molecule has 118 valence electrons. The molecule has 0 saturated heterocycles. The molecule has 1 aromatic carbocycles. The SMILES string of the molecule is CCc1ccccc1C1c2nc[nH]c2CCN1Cc1ccco1. The summed E-state index contributed by atoms with van der Waals surface area (Å²) in [7, 11) is 0. The normalized spacial score (nSPS) is 18.0. The quantitative estimate of drug-likeness (QED) is 0.799. The highest BCUT2D eigenvalue weighted by atomic mass is 16.3. The van der Waals surface area contributed by atoms with Gasteiger partial charge in [0.15, 0.2) is 0 Å². The summed E-state index contributed by atoms with van der Waals surface area (Å²) in [5, 5.41) is 0. The predicted molar refractivity (Wildman–Crippen MR) is 89.1 cm³/mol. The lowest BCUT2D eigenvalue weighted by molar-refractivity contribution is 0.184. The van der Waals surface area contributed by atoms with Crippen LogP contribution in [0.3, 0.4) is 0 Å². The van der Waals surface area contributed by atoms with Crippen molar-refractivity contribution in [2.24, 2.45) is 0 Å². The van der Waals surface area contributed by atoms with Crippen LogP contribution in [0.2, 0.25) is 0 Å². The number of fused-ring (bicyclic) bond motifs is 1. The van der Waals surface area contributed by atoms with Gasteiger partial charge >= 0.3 is 0 Å². The van der Waals surface area contributed by atoms with E-state index in [1.807, 2.05) is 18.5 Å². The van der Waals surface area contributed by atoms with Gasteiger partial charge in [-0.1, -0.05) is 31.2 Å². The van der Waals surface area contributed by atoms with Crippen molar-refractivity contribution >= 4 is 0 Å². The highest BCUT2D eigenvalue weighted by molar-refractivity contribution is 5.38. The van der Waals surface area contributed by atoms with Gasteiger partial charge in [0.2, 0.25) is 0 Å². The van der Waals surface area contributed by atoms with E-state index in [4.69, 9.17) is 4.42 Å². The number of nitrogens with one attached hydrogen (secondary N) is 1. The van der Waals surface area contributed by atoms with Crippen LogP contribution in [0.25, 0.3) is 0 Å². The Morgan fingerprint density at radius 1 is 1.26 bits per heavy atom. The Hall–Kier alpha value is -2.33. The van der Waals surface area contributed by atoms with Gasteiger partial charge in [0.05, 0.1) is 30.9 Å². The number of furan rings is 1. The summed E-state index contributed by atoms with van der Waals surface area (Å²) in [6, 6.07) is 12.9. The minimum Gasteiger partial charge on any atom is -0.468 e. The van der Waals surface area contributed by atoms with Gasteiger partial charge in [-0.15, -0.1) is 0 Å². The third kappa shape index (κ3) is 2.59. The number of H-pyrrole nitrogens is 1. The minimum atomic E-state index is 0.186. The Morgan fingerprint density at radius 3 is 3.00 bits per heavy atom. The van der Waals surface area contributed by atoms with Crippen LogP contribution < -0.4 is 0 Å². The topological polar surface area (TPSA) is 45.1 Å². The zero-order valence-corrected chi connectivity index (χ0v) is 13.3. The van der Waals surface area contributed by atoms with Gasteiger partial charge < -0.3 is 9.40 Å². The molecule has 1 atom stereocenters. The summed E-state index contributed by atoms with van der Waals surface area (Å²) < 4.78 is 5.58. The fourth-order valence-electron chi connectivity index (χ4n) is 3.56. The second kappa shape index (κ2) is 6.05. The average Bonchev–Trinajstić information content (AvgIpc) is 3.26. The van der Waals surface area contributed by atoms with Gasteiger partial charge in [-0.2, -0.15) is 0 Å². The molecule has 0 spiro atoms. The molecular weight excluding hydrogens is 286 g/mol. The van der Waals surface area contributed by atoms with Gasteiger partial charge in [0, 0.05) is 18.7 Å². The third-order valence-electron chi connectivity index (χ3n) is 4.69. The molecule has 4 nitrogen and oxygen atoms in total. The third-order valence-corrected chi connectivity index (χ3v) is 4.69. The first kappa shape index (κ1) is 14.3. The van der Waals surface area contributed by atoms with E-state index >= 15 is 0 Å². The first-order valence-corrected chi connectivity index (χ1v) is 8.23. The number of hydrogen-bond acceptors (Lipinski definition) is 3. The largest absolute Gasteiger partial charge is 0.468 e. The van der Waals surface area contributed by atoms with Crippen molar-refractivity contribution < 1.29 is 4.42 Å². The molecule has 23 heavy (non-hydrogen) atoms. The molecule has 0 radical (unpaired) electrons. The molecule has 2 aromatic heterocycles. The standard InChI is InChI=1S/C19H21N3O/c1-2-14-6-3-4-8-16(14)19-18-17(20-13-21-18)9-10-22(19)12-15-7-5-11-23-15/h3-8,11,13,19H,2,9-10,12H2,1H3,(H,20,21). The van der Waals surface area contributed by atoms with Crippen LogP contribution in [0.1, 0.15) is 41.2 Å². The highest BCUT2D eigenvalue weighted by Gasteiger charge is 2.32. The monoisotopic (exact) mass is 307 g/mol. The Kier molecular flexibility index (Phi) is 3.75. The van der Waals surface area contributed by atoms with Gasteiger partial charge in [-0.05, 0) is 29.7 Å². The second-order valence-corrected chi connectivity index (χ2v) is 6.02. The number of imidazole rings is 1. The molecule has 3 heterocycles. The van der Waals surface area contributed by atoms with Crippen molar-refractivity contribution in [2.45, 2.75) is 32.4 Å². The van der Waals surface area contributed by atoms with Crippen molar-refractivity contribution in [1.82, 2.24) is 14.9 Å². The first-order valence-electron chi connectivity index (χ1n) is 8.23. The average molecular weight is 307 g/mol. The minimum absolute atomic E-state index is 0.186. The number of benzene rings is 1. The number of aryl methyl sites for hydroxylation is 1. The molecule has 0 bridgehead atoms. The van der Waals surface area contributed by atoms with E-state index in [-0.39, 0.29) is 6.04 Å². The number of rotatable bonds is 4. The highest BCUT2D eigenvalue weighted by Crippen LogP contribution is 2.36. The number of aromatic nitrogens is 2. The molecule has 1 N–H and O–H groups in total. The lowest BCUT2D eigenvalue weighted by Crippen LogP contribution is -2.36. The van der Waals surface area contributed by atoms with Gasteiger partial charge in [0.1, 0.15) is 5.76 Å². The van der Waals surface area contributed by atoms with Crippen LogP contribution in [0, 0.1) is 0 Å². The van der Waals surface area contributed by atoms with Crippen molar-refractivity contribution in [2.75, 3.05) is 6.54 Å². The zero-order valence-electron chi connectivity index (χ0n) is 13.3. The molecule has 1 aliphatic heterocycles. The van der Waals surface area contributed by atoms with Crippen LogP contribution in [0.5, 0.6) is 0 Å². The maximum atomic E-state index is 5.58. The molecule has 1 unspecified atom stereocenters. The predicted octanol–water partition coefficient (Wildman–Crippen LogP) is 3.71. The van der Waals surface area contributed by atoms with Gasteiger partial charge in [-0.25, -0.2) is 4.98 Å². The van der Waals surface area contributed by atoms with Crippen LogP contribution in [-0.4, -0.2) is 21.4 Å². The van der Waals surface area contributed by atoms with Crippen molar-refractivity contribution in [1.29, 1.82) is 0 Å². The molecule has 0 aliphatic carbocycles. The molecule has 0 saturated carbocycles. The van der Waals surface area contributed by atoms with Crippen molar-refractivity contribution in [3.05, 3.63) is 77.3 Å². The Labute approximate surface area is 136 Å². The number of nitrogens with zero attached hydrogens (tertiary/aromatic N) is 2. The fraction of sp³-hybridized carbons (Fsp3) is 0.316.